The van der Waals surface area contributed by atoms with Gasteiger partial charge in [0.05, 0.1) is 21.8 Å². The normalized spacial score (nSPS) is 11.2. The van der Waals surface area contributed by atoms with E-state index in [9.17, 15) is 19.2 Å². The Morgan fingerprint density at radius 1 is 0.540 bits per heavy atom. The summed E-state index contributed by atoms with van der Waals surface area (Å²) in [6.07, 6.45) is 13.5. The zero-order chi connectivity index (χ0) is 35.3. The van der Waals surface area contributed by atoms with E-state index in [2.05, 4.69) is 23.8 Å². The SMILES string of the molecule is CCCCCCCCC(=O)Oc1ccc2nc(-c3ccc(-c4nc5ccc(OC(=O)CCCCCCCC)cc5c(=O)o4)cc3)oc(=O)c2c1. The van der Waals surface area contributed by atoms with Crippen LogP contribution in [-0.4, -0.2) is 21.9 Å². The average molecular weight is 681 g/mol. The Hall–Kier alpha value is -5.12. The van der Waals surface area contributed by atoms with Crippen LogP contribution in [0.1, 0.15) is 104 Å². The van der Waals surface area contributed by atoms with E-state index >= 15 is 0 Å². The number of unbranched alkanes of at least 4 members (excludes halogenated alkanes) is 10. The maximum atomic E-state index is 12.9. The number of carbonyl (C=O) groups is 2. The second-order valence-electron chi connectivity index (χ2n) is 12.5. The Bertz CT molecular complexity index is 1880. The summed E-state index contributed by atoms with van der Waals surface area (Å²) in [5, 5.41) is 0.404. The molecule has 0 radical (unpaired) electrons. The van der Waals surface area contributed by atoms with E-state index in [1.54, 1.807) is 48.5 Å². The molecule has 0 bridgehead atoms. The zero-order valence-corrected chi connectivity index (χ0v) is 28.8. The third kappa shape index (κ3) is 9.96. The van der Waals surface area contributed by atoms with Crippen LogP contribution in [0.3, 0.4) is 0 Å². The van der Waals surface area contributed by atoms with Crippen molar-refractivity contribution < 1.29 is 27.9 Å². The van der Waals surface area contributed by atoms with Gasteiger partial charge in [-0.15, -0.1) is 0 Å². The zero-order valence-electron chi connectivity index (χ0n) is 28.8. The van der Waals surface area contributed by atoms with E-state index in [4.69, 9.17) is 18.3 Å². The molecule has 0 saturated carbocycles. The van der Waals surface area contributed by atoms with Crippen molar-refractivity contribution in [2.75, 3.05) is 0 Å². The summed E-state index contributed by atoms with van der Waals surface area (Å²) in [5.41, 5.74) is 0.613. The molecule has 0 atom stereocenters. The number of esters is 2. The molecule has 0 saturated heterocycles. The Labute approximate surface area is 290 Å². The van der Waals surface area contributed by atoms with E-state index < -0.39 is 11.3 Å². The number of hydrogen-bond acceptors (Lipinski definition) is 10. The molecule has 0 aliphatic carbocycles. The smallest absolute Gasteiger partial charge is 0.347 e. The highest BCUT2D eigenvalue weighted by atomic mass is 16.5. The number of nitrogens with zero attached hydrogens (tertiary/aromatic N) is 2. The van der Waals surface area contributed by atoms with Crippen LogP contribution >= 0.6 is 0 Å². The molecule has 5 aromatic rings. The molecular formula is C40H44N2O8. The number of ether oxygens (including phenoxy) is 2. The Morgan fingerprint density at radius 2 is 0.920 bits per heavy atom. The Kier molecular flexibility index (Phi) is 13.0. The maximum absolute atomic E-state index is 12.9. The van der Waals surface area contributed by atoms with Crippen molar-refractivity contribution in [1.82, 2.24) is 9.97 Å². The van der Waals surface area contributed by atoms with Gasteiger partial charge in [-0.25, -0.2) is 19.6 Å². The first kappa shape index (κ1) is 36.2. The fourth-order valence-corrected chi connectivity index (χ4v) is 5.70. The third-order valence-electron chi connectivity index (χ3n) is 8.51. The van der Waals surface area contributed by atoms with Gasteiger partial charge < -0.3 is 18.3 Å². The van der Waals surface area contributed by atoms with Gasteiger partial charge in [-0.1, -0.05) is 78.1 Å². The van der Waals surface area contributed by atoms with Crippen LogP contribution in [0, 0.1) is 0 Å². The Balaban J connectivity index is 1.22. The second kappa shape index (κ2) is 18.0. The van der Waals surface area contributed by atoms with Crippen LogP contribution in [0.15, 0.2) is 79.1 Å². The number of rotatable bonds is 18. The highest BCUT2D eigenvalue weighted by Crippen LogP contribution is 2.26. The van der Waals surface area contributed by atoms with Gasteiger partial charge in [0, 0.05) is 24.0 Å². The van der Waals surface area contributed by atoms with Gasteiger partial charge in [-0.05, 0) is 73.5 Å². The summed E-state index contributed by atoms with van der Waals surface area (Å²) in [6.45, 7) is 4.33. The molecule has 2 heterocycles. The summed E-state index contributed by atoms with van der Waals surface area (Å²) in [4.78, 5) is 59.4. The van der Waals surface area contributed by atoms with E-state index in [1.165, 1.54) is 50.7 Å². The first-order chi connectivity index (χ1) is 24.3. The van der Waals surface area contributed by atoms with Crippen LogP contribution < -0.4 is 20.7 Å². The largest absolute Gasteiger partial charge is 0.427 e. The Morgan fingerprint density at radius 3 is 1.32 bits per heavy atom. The van der Waals surface area contributed by atoms with Crippen molar-refractivity contribution in [2.24, 2.45) is 0 Å². The lowest BCUT2D eigenvalue weighted by molar-refractivity contribution is -0.135. The predicted molar refractivity (Wildman–Crippen MR) is 192 cm³/mol. The van der Waals surface area contributed by atoms with Gasteiger partial charge in [0.15, 0.2) is 0 Å². The van der Waals surface area contributed by atoms with Crippen molar-refractivity contribution in [2.45, 2.75) is 104 Å². The van der Waals surface area contributed by atoms with E-state index in [-0.39, 0.29) is 46.0 Å². The van der Waals surface area contributed by atoms with Gasteiger partial charge in [0.25, 0.3) is 0 Å². The molecule has 5 rings (SSSR count). The summed E-state index contributed by atoms with van der Waals surface area (Å²) < 4.78 is 21.9. The molecule has 0 spiro atoms. The molecule has 10 nitrogen and oxygen atoms in total. The minimum atomic E-state index is -0.613. The van der Waals surface area contributed by atoms with Gasteiger partial charge in [0.1, 0.15) is 11.5 Å². The summed E-state index contributed by atoms with van der Waals surface area (Å²) in [7, 11) is 0. The first-order valence-corrected chi connectivity index (χ1v) is 17.8. The monoisotopic (exact) mass is 680 g/mol. The first-order valence-electron chi connectivity index (χ1n) is 17.8. The lowest BCUT2D eigenvalue weighted by atomic mass is 10.1. The minimum Gasteiger partial charge on any atom is -0.427 e. The van der Waals surface area contributed by atoms with Gasteiger partial charge in [-0.2, -0.15) is 0 Å². The van der Waals surface area contributed by atoms with Crippen molar-refractivity contribution >= 4 is 33.7 Å². The molecule has 262 valence electrons. The van der Waals surface area contributed by atoms with Crippen LogP contribution in [0.5, 0.6) is 11.5 Å². The highest BCUT2D eigenvalue weighted by molar-refractivity contribution is 5.83. The second-order valence-corrected chi connectivity index (χ2v) is 12.5. The summed E-state index contributed by atoms with van der Waals surface area (Å²) in [6, 6.07) is 16.1. The van der Waals surface area contributed by atoms with E-state index in [0.717, 1.165) is 38.5 Å². The van der Waals surface area contributed by atoms with Gasteiger partial charge in [0.2, 0.25) is 11.8 Å². The molecule has 0 N–H and O–H groups in total. The van der Waals surface area contributed by atoms with Crippen molar-refractivity contribution in [1.29, 1.82) is 0 Å². The van der Waals surface area contributed by atoms with Crippen molar-refractivity contribution in [3.8, 4) is 34.4 Å². The molecule has 3 aromatic carbocycles. The van der Waals surface area contributed by atoms with E-state index in [0.29, 0.717) is 35.0 Å². The van der Waals surface area contributed by atoms with Crippen LogP contribution in [0.25, 0.3) is 44.7 Å². The number of benzene rings is 3. The number of carbonyl (C=O) groups excluding carboxylic acids is 2. The molecule has 0 aliphatic heterocycles. The molecule has 0 amide bonds. The predicted octanol–water partition coefficient (Wildman–Crippen LogP) is 9.34. The lowest BCUT2D eigenvalue weighted by Gasteiger charge is -2.07. The topological polar surface area (TPSA) is 139 Å². The summed E-state index contributed by atoms with van der Waals surface area (Å²) >= 11 is 0. The molecule has 0 unspecified atom stereocenters. The minimum absolute atomic E-state index is 0.105. The van der Waals surface area contributed by atoms with Gasteiger partial charge >= 0.3 is 23.2 Å². The molecule has 10 heteroatoms. The van der Waals surface area contributed by atoms with E-state index in [1.807, 2.05) is 0 Å². The standard InChI is InChI=1S/C40H44N2O8/c1-3-5-7-9-11-13-15-35(43)47-29-21-23-33-31(25-29)39(45)49-37(41-33)27-17-19-28(20-18-27)38-42-34-24-22-30(26-32(34)40(46)50-38)48-36(44)16-14-12-10-8-6-4-2/h17-26H,3-16H2,1-2H3. The number of hydrogen-bond donors (Lipinski definition) is 0. The number of aromatic nitrogens is 2. The molecule has 50 heavy (non-hydrogen) atoms. The highest BCUT2D eigenvalue weighted by Gasteiger charge is 2.15. The fourth-order valence-electron chi connectivity index (χ4n) is 5.70. The molecular weight excluding hydrogens is 636 g/mol. The quantitative estimate of drug-likeness (QED) is 0.0500. The number of fused-ring (bicyclic) bond motifs is 2. The van der Waals surface area contributed by atoms with Crippen LogP contribution in [0.2, 0.25) is 0 Å². The summed E-state index contributed by atoms with van der Waals surface area (Å²) in [5.74, 6) is 0.0706. The molecule has 2 aromatic heterocycles. The van der Waals surface area contributed by atoms with Crippen LogP contribution in [-0.2, 0) is 9.59 Å². The fraction of sp³-hybridized carbons (Fsp3) is 0.400. The lowest BCUT2D eigenvalue weighted by Crippen LogP contribution is -2.09. The maximum Gasteiger partial charge on any atom is 0.347 e. The third-order valence-corrected chi connectivity index (χ3v) is 8.51. The molecule has 0 fully saturated rings. The van der Waals surface area contributed by atoms with Crippen molar-refractivity contribution in [3.05, 3.63) is 81.5 Å². The van der Waals surface area contributed by atoms with Crippen LogP contribution in [0.4, 0.5) is 0 Å². The average Bonchev–Trinajstić information content (AvgIpc) is 3.11. The molecule has 0 aliphatic rings. The van der Waals surface area contributed by atoms with Gasteiger partial charge in [-0.3, -0.25) is 9.59 Å². The van der Waals surface area contributed by atoms with Crippen molar-refractivity contribution in [3.63, 3.8) is 0 Å².